The van der Waals surface area contributed by atoms with Crippen LogP contribution in [0.15, 0.2) is 28.8 Å². The minimum Gasteiger partial charge on any atom is -0.329 e. The van der Waals surface area contributed by atoms with E-state index in [2.05, 4.69) is 20.0 Å². The van der Waals surface area contributed by atoms with Crippen molar-refractivity contribution in [2.75, 3.05) is 0 Å². The molecule has 2 aromatic rings. The Labute approximate surface area is 131 Å². The Hall–Kier alpha value is -2.10. The topological polar surface area (TPSA) is 51.0 Å². The van der Waals surface area contributed by atoms with Crippen molar-refractivity contribution in [3.05, 3.63) is 35.7 Å². The van der Waals surface area contributed by atoms with Crippen LogP contribution in [0.25, 0.3) is 11.4 Å². The number of benzene rings is 1. The standard InChI is InChI=1S/C14H11F6N3O/c15-13(16,17)10(21-9-5-6-9)7-1-3-8(4-2-7)11-22-12(24-23-11)14(18,19)20/h1-4,9-10,21H,5-6H2. The van der Waals surface area contributed by atoms with Crippen LogP contribution in [0.4, 0.5) is 26.3 Å². The molecule has 0 aliphatic heterocycles. The van der Waals surface area contributed by atoms with E-state index in [1.54, 1.807) is 0 Å². The van der Waals surface area contributed by atoms with Crippen molar-refractivity contribution in [2.45, 2.75) is 37.3 Å². The first kappa shape index (κ1) is 16.7. The summed E-state index contributed by atoms with van der Waals surface area (Å²) in [6.45, 7) is 0. The molecule has 1 aliphatic carbocycles. The predicted octanol–water partition coefficient (Wildman–Crippen LogP) is 4.11. The van der Waals surface area contributed by atoms with Gasteiger partial charge in [-0.2, -0.15) is 31.3 Å². The van der Waals surface area contributed by atoms with Gasteiger partial charge in [0.1, 0.15) is 6.04 Å². The number of hydrogen-bond donors (Lipinski definition) is 1. The molecule has 1 N–H and O–H groups in total. The number of aromatic nitrogens is 2. The predicted molar refractivity (Wildman–Crippen MR) is 69.7 cm³/mol. The van der Waals surface area contributed by atoms with Gasteiger partial charge in [0.15, 0.2) is 0 Å². The summed E-state index contributed by atoms with van der Waals surface area (Å²) in [5.41, 5.74) is 0.100. The monoisotopic (exact) mass is 351 g/mol. The van der Waals surface area contributed by atoms with Gasteiger partial charge in [-0.15, -0.1) is 0 Å². The molecule has 0 amide bonds. The van der Waals surface area contributed by atoms with Gasteiger partial charge in [-0.1, -0.05) is 29.4 Å². The van der Waals surface area contributed by atoms with Crippen LogP contribution < -0.4 is 5.32 Å². The molecule has 1 atom stereocenters. The average molecular weight is 351 g/mol. The third kappa shape index (κ3) is 3.69. The fourth-order valence-electron chi connectivity index (χ4n) is 2.15. The van der Waals surface area contributed by atoms with Gasteiger partial charge in [-0.25, -0.2) is 0 Å². The van der Waals surface area contributed by atoms with E-state index in [-0.39, 0.29) is 23.0 Å². The number of nitrogens with one attached hydrogen (secondary N) is 1. The van der Waals surface area contributed by atoms with Gasteiger partial charge in [0.25, 0.3) is 0 Å². The molecule has 3 rings (SSSR count). The normalized spacial score (nSPS) is 17.1. The Morgan fingerprint density at radius 3 is 2.12 bits per heavy atom. The van der Waals surface area contributed by atoms with Crippen LogP contribution in [0.2, 0.25) is 0 Å². The largest absolute Gasteiger partial charge is 0.471 e. The highest BCUT2D eigenvalue weighted by molar-refractivity contribution is 5.55. The van der Waals surface area contributed by atoms with E-state index >= 15 is 0 Å². The number of rotatable bonds is 4. The lowest BCUT2D eigenvalue weighted by Crippen LogP contribution is -2.35. The summed E-state index contributed by atoms with van der Waals surface area (Å²) in [6.07, 6.45) is -7.87. The van der Waals surface area contributed by atoms with E-state index in [0.717, 1.165) is 0 Å². The van der Waals surface area contributed by atoms with Gasteiger partial charge in [0.05, 0.1) is 0 Å². The number of hydrogen-bond acceptors (Lipinski definition) is 4. The fourth-order valence-corrected chi connectivity index (χ4v) is 2.15. The Kier molecular flexibility index (Phi) is 4.02. The maximum atomic E-state index is 13.1. The molecule has 1 aromatic heterocycles. The zero-order valence-electron chi connectivity index (χ0n) is 11.9. The van der Waals surface area contributed by atoms with Gasteiger partial charge in [-0.3, -0.25) is 5.32 Å². The van der Waals surface area contributed by atoms with Crippen LogP contribution in [0.5, 0.6) is 0 Å². The minimum absolute atomic E-state index is 0.0299. The van der Waals surface area contributed by atoms with E-state index in [0.29, 0.717) is 12.8 Å². The van der Waals surface area contributed by atoms with Crippen LogP contribution >= 0.6 is 0 Å². The van der Waals surface area contributed by atoms with Crippen LogP contribution in [-0.2, 0) is 6.18 Å². The molecule has 1 saturated carbocycles. The molecule has 24 heavy (non-hydrogen) atoms. The van der Waals surface area contributed by atoms with Gasteiger partial charge in [0, 0.05) is 11.6 Å². The molecule has 0 spiro atoms. The Balaban J connectivity index is 1.82. The summed E-state index contributed by atoms with van der Waals surface area (Å²) in [6, 6.07) is 2.85. The van der Waals surface area contributed by atoms with E-state index in [9.17, 15) is 26.3 Å². The lowest BCUT2D eigenvalue weighted by molar-refractivity contribution is -0.159. The zero-order valence-corrected chi connectivity index (χ0v) is 11.9. The lowest BCUT2D eigenvalue weighted by Gasteiger charge is -2.22. The molecule has 10 heteroatoms. The molecule has 130 valence electrons. The van der Waals surface area contributed by atoms with Crippen LogP contribution in [-0.4, -0.2) is 22.4 Å². The number of alkyl halides is 6. The van der Waals surface area contributed by atoms with Crippen molar-refractivity contribution in [3.8, 4) is 11.4 Å². The Morgan fingerprint density at radius 1 is 1.04 bits per heavy atom. The second kappa shape index (κ2) is 5.76. The summed E-state index contributed by atoms with van der Waals surface area (Å²) in [5.74, 6) is -1.85. The van der Waals surface area contributed by atoms with E-state index in [1.807, 2.05) is 0 Å². The van der Waals surface area contributed by atoms with Crippen LogP contribution in [0.1, 0.15) is 30.3 Å². The second-order valence-corrected chi connectivity index (χ2v) is 5.46. The van der Waals surface area contributed by atoms with Gasteiger partial charge >= 0.3 is 18.2 Å². The van der Waals surface area contributed by atoms with Crippen LogP contribution in [0.3, 0.4) is 0 Å². The van der Waals surface area contributed by atoms with E-state index in [4.69, 9.17) is 0 Å². The summed E-state index contributed by atoms with van der Waals surface area (Å²) in [7, 11) is 0. The SMILES string of the molecule is FC(F)(F)c1nc(-c2ccc(C(NC3CC3)C(F)(F)F)cc2)no1. The fraction of sp³-hybridized carbons (Fsp3) is 0.429. The number of nitrogens with zero attached hydrogens (tertiary/aromatic N) is 2. The van der Waals surface area contributed by atoms with Crippen molar-refractivity contribution < 1.29 is 30.9 Å². The van der Waals surface area contributed by atoms with Crippen molar-refractivity contribution in [3.63, 3.8) is 0 Å². The third-order valence-corrected chi connectivity index (χ3v) is 3.48. The average Bonchev–Trinajstić information content (AvgIpc) is 3.15. The van der Waals surface area contributed by atoms with Crippen molar-refractivity contribution in [1.29, 1.82) is 0 Å². The molecular formula is C14H11F6N3O. The molecular weight excluding hydrogens is 340 g/mol. The summed E-state index contributed by atoms with van der Waals surface area (Å²) in [5, 5.41) is 5.70. The van der Waals surface area contributed by atoms with Crippen LogP contribution in [0, 0.1) is 0 Å². The molecule has 1 aromatic carbocycles. The van der Waals surface area contributed by atoms with Crippen molar-refractivity contribution >= 4 is 0 Å². The molecule has 1 heterocycles. The summed E-state index contributed by atoms with van der Waals surface area (Å²) < 4.78 is 80.7. The summed E-state index contributed by atoms with van der Waals surface area (Å²) >= 11 is 0. The van der Waals surface area contributed by atoms with Gasteiger partial charge in [-0.05, 0) is 18.4 Å². The molecule has 0 saturated heterocycles. The van der Waals surface area contributed by atoms with Gasteiger partial charge < -0.3 is 4.52 Å². The smallest absolute Gasteiger partial charge is 0.329 e. The molecule has 0 radical (unpaired) electrons. The van der Waals surface area contributed by atoms with Crippen molar-refractivity contribution in [2.24, 2.45) is 0 Å². The molecule has 1 unspecified atom stereocenters. The highest BCUT2D eigenvalue weighted by Crippen LogP contribution is 2.36. The van der Waals surface area contributed by atoms with Gasteiger partial charge in [0.2, 0.25) is 5.82 Å². The lowest BCUT2D eigenvalue weighted by atomic mass is 10.0. The van der Waals surface area contributed by atoms with E-state index < -0.39 is 24.3 Å². The number of halogens is 6. The quantitative estimate of drug-likeness (QED) is 0.843. The first-order valence-electron chi connectivity index (χ1n) is 6.98. The minimum atomic E-state index is -4.78. The molecule has 1 aliphatic rings. The maximum Gasteiger partial charge on any atom is 0.471 e. The molecule has 0 bridgehead atoms. The maximum absolute atomic E-state index is 13.1. The highest BCUT2D eigenvalue weighted by Gasteiger charge is 2.43. The second-order valence-electron chi connectivity index (χ2n) is 5.46. The van der Waals surface area contributed by atoms with E-state index in [1.165, 1.54) is 24.3 Å². The Bertz CT molecular complexity index is 703. The molecule has 1 fully saturated rings. The molecule has 4 nitrogen and oxygen atoms in total. The zero-order chi connectivity index (χ0) is 17.5. The first-order chi connectivity index (χ1) is 11.1. The first-order valence-corrected chi connectivity index (χ1v) is 6.98. The Morgan fingerprint density at radius 2 is 1.67 bits per heavy atom. The third-order valence-electron chi connectivity index (χ3n) is 3.48. The van der Waals surface area contributed by atoms with Crippen molar-refractivity contribution in [1.82, 2.24) is 15.5 Å². The summed E-state index contributed by atoms with van der Waals surface area (Å²) in [4.78, 5) is 3.19. The highest BCUT2D eigenvalue weighted by atomic mass is 19.4.